The predicted octanol–water partition coefficient (Wildman–Crippen LogP) is 0.206. The Bertz CT molecular complexity index is 322. The summed E-state index contributed by atoms with van der Waals surface area (Å²) in [5.41, 5.74) is 1.16. The van der Waals surface area contributed by atoms with Crippen LogP contribution in [0.1, 0.15) is 12.5 Å². The zero-order valence-electron chi connectivity index (χ0n) is 9.36. The van der Waals surface area contributed by atoms with E-state index in [-0.39, 0.29) is 12.0 Å². The maximum Gasteiger partial charge on any atom is 0.324 e. The first-order valence-corrected chi connectivity index (χ1v) is 4.97. The molecule has 0 aliphatic heterocycles. The van der Waals surface area contributed by atoms with Gasteiger partial charge in [0.2, 0.25) is 0 Å². The number of hydrogen-bond donors (Lipinski definition) is 1. The molecule has 1 unspecified atom stereocenters. The van der Waals surface area contributed by atoms with Crippen molar-refractivity contribution < 1.29 is 9.53 Å². The summed E-state index contributed by atoms with van der Waals surface area (Å²) < 4.78 is 6.41. The number of carbonyl (C=O) groups excluding carboxylic acids is 1. The lowest BCUT2D eigenvalue weighted by Gasteiger charge is -2.13. The van der Waals surface area contributed by atoms with Gasteiger partial charge in [0.05, 0.1) is 19.9 Å². The minimum Gasteiger partial charge on any atom is -0.468 e. The Morgan fingerprint density at radius 2 is 2.47 bits per heavy atom. The van der Waals surface area contributed by atoms with E-state index in [1.807, 2.05) is 12.4 Å². The van der Waals surface area contributed by atoms with Crippen LogP contribution < -0.4 is 5.32 Å². The van der Waals surface area contributed by atoms with E-state index in [1.165, 1.54) is 7.11 Å². The third-order valence-electron chi connectivity index (χ3n) is 2.30. The predicted molar refractivity (Wildman–Crippen MR) is 56.5 cm³/mol. The van der Waals surface area contributed by atoms with Crippen LogP contribution in [-0.2, 0) is 22.5 Å². The van der Waals surface area contributed by atoms with Crippen LogP contribution >= 0.6 is 0 Å². The van der Waals surface area contributed by atoms with Gasteiger partial charge in [0, 0.05) is 6.20 Å². The minimum atomic E-state index is -0.348. The molecule has 1 aromatic rings. The smallest absolute Gasteiger partial charge is 0.324 e. The van der Waals surface area contributed by atoms with Gasteiger partial charge in [-0.15, -0.1) is 0 Å². The molecule has 0 saturated carbocycles. The van der Waals surface area contributed by atoms with Crippen LogP contribution in [0.3, 0.4) is 0 Å². The number of aromatic nitrogens is 2. The summed E-state index contributed by atoms with van der Waals surface area (Å²) in [5.74, 6) is -0.272. The Labute approximate surface area is 89.4 Å². The molecule has 1 rings (SSSR count). The van der Waals surface area contributed by atoms with Crippen LogP contribution in [0.4, 0.5) is 0 Å². The molecule has 0 amide bonds. The van der Waals surface area contributed by atoms with Crippen LogP contribution in [0.25, 0.3) is 0 Å². The van der Waals surface area contributed by atoms with Crippen molar-refractivity contribution >= 4 is 5.97 Å². The number of nitrogens with one attached hydrogen (secondary N) is 1. The van der Waals surface area contributed by atoms with Crippen molar-refractivity contribution in [3.8, 4) is 0 Å². The number of esters is 1. The molecule has 0 aliphatic rings. The Hall–Kier alpha value is -1.36. The fraction of sp³-hybridized carbons (Fsp3) is 0.600. The Kier molecular flexibility index (Phi) is 4.30. The van der Waals surface area contributed by atoms with Crippen LogP contribution in [-0.4, -0.2) is 35.9 Å². The number of nitrogens with zero attached hydrogens (tertiary/aromatic N) is 2. The maximum absolute atomic E-state index is 11.3. The monoisotopic (exact) mass is 211 g/mol. The third-order valence-corrected chi connectivity index (χ3v) is 2.30. The van der Waals surface area contributed by atoms with Crippen LogP contribution in [0.2, 0.25) is 0 Å². The van der Waals surface area contributed by atoms with E-state index < -0.39 is 0 Å². The van der Waals surface area contributed by atoms with Crippen molar-refractivity contribution in [3.63, 3.8) is 0 Å². The van der Waals surface area contributed by atoms with E-state index in [0.29, 0.717) is 6.54 Å². The number of aryl methyl sites for hydroxylation is 1. The molecule has 0 aliphatic carbocycles. The summed E-state index contributed by atoms with van der Waals surface area (Å²) in [5, 5.41) is 7.05. The topological polar surface area (TPSA) is 56.2 Å². The maximum atomic E-state index is 11.3. The molecule has 1 N–H and O–H groups in total. The number of carbonyl (C=O) groups is 1. The molecule has 0 bridgehead atoms. The third kappa shape index (κ3) is 3.06. The van der Waals surface area contributed by atoms with Crippen molar-refractivity contribution in [2.75, 3.05) is 14.2 Å². The Balaban J connectivity index is 2.62. The minimum absolute atomic E-state index is 0.272. The van der Waals surface area contributed by atoms with Gasteiger partial charge in [-0.25, -0.2) is 0 Å². The lowest BCUT2D eigenvalue weighted by atomic mass is 10.3. The summed E-state index contributed by atoms with van der Waals surface area (Å²) in [6, 6.07) is -0.348. The molecule has 0 saturated heterocycles. The summed E-state index contributed by atoms with van der Waals surface area (Å²) in [7, 11) is 3.11. The summed E-state index contributed by atoms with van der Waals surface area (Å²) in [6.45, 7) is 2.56. The molecule has 0 radical (unpaired) electrons. The van der Waals surface area contributed by atoms with E-state index in [2.05, 4.69) is 22.1 Å². The van der Waals surface area contributed by atoms with Crippen LogP contribution in [0, 0.1) is 0 Å². The average Bonchev–Trinajstić information content (AvgIpc) is 2.72. The second-order valence-electron chi connectivity index (χ2n) is 3.29. The largest absolute Gasteiger partial charge is 0.468 e. The molecule has 15 heavy (non-hydrogen) atoms. The fourth-order valence-electron chi connectivity index (χ4n) is 1.30. The normalized spacial score (nSPS) is 12.5. The van der Waals surface area contributed by atoms with E-state index in [1.54, 1.807) is 11.7 Å². The highest BCUT2D eigenvalue weighted by Crippen LogP contribution is 2.00. The van der Waals surface area contributed by atoms with Crippen molar-refractivity contribution in [2.24, 2.45) is 0 Å². The second kappa shape index (κ2) is 5.50. The highest BCUT2D eigenvalue weighted by atomic mass is 16.5. The quantitative estimate of drug-likeness (QED) is 0.707. The number of rotatable bonds is 5. The highest BCUT2D eigenvalue weighted by Gasteiger charge is 2.17. The molecular weight excluding hydrogens is 194 g/mol. The first-order valence-electron chi connectivity index (χ1n) is 4.97. The Morgan fingerprint density at radius 3 is 2.93 bits per heavy atom. The first-order chi connectivity index (χ1) is 7.21. The summed E-state index contributed by atoms with van der Waals surface area (Å²) in [6.07, 6.45) is 4.69. The van der Waals surface area contributed by atoms with Crippen molar-refractivity contribution in [1.29, 1.82) is 0 Å². The lowest BCUT2D eigenvalue weighted by Crippen LogP contribution is -2.38. The van der Waals surface area contributed by atoms with Crippen molar-refractivity contribution in [1.82, 2.24) is 15.1 Å². The van der Waals surface area contributed by atoms with Gasteiger partial charge in [0.15, 0.2) is 0 Å². The summed E-state index contributed by atoms with van der Waals surface area (Å²) in [4.78, 5) is 11.3. The van der Waals surface area contributed by atoms with Gasteiger partial charge in [-0.05, 0) is 19.0 Å². The first kappa shape index (κ1) is 11.7. The van der Waals surface area contributed by atoms with E-state index in [0.717, 1.165) is 12.0 Å². The average molecular weight is 211 g/mol. The molecule has 5 nitrogen and oxygen atoms in total. The molecule has 5 heteroatoms. The van der Waals surface area contributed by atoms with E-state index in [9.17, 15) is 4.79 Å². The molecule has 0 spiro atoms. The van der Waals surface area contributed by atoms with Crippen molar-refractivity contribution in [3.05, 3.63) is 18.0 Å². The highest BCUT2D eigenvalue weighted by molar-refractivity contribution is 5.75. The molecule has 1 atom stereocenters. The van der Waals surface area contributed by atoms with Gasteiger partial charge in [0.25, 0.3) is 0 Å². The number of ether oxygens (including phenoxy) is 1. The van der Waals surface area contributed by atoms with Gasteiger partial charge >= 0.3 is 5.97 Å². The standard InChI is InChI=1S/C10H17N3O2/c1-4-8-5-12-13(6-8)7-9(11-2)10(14)15-3/h5-6,9,11H,4,7H2,1-3H3. The van der Waals surface area contributed by atoms with E-state index in [4.69, 9.17) is 0 Å². The van der Waals surface area contributed by atoms with Crippen LogP contribution in [0.5, 0.6) is 0 Å². The molecule has 1 heterocycles. The van der Waals surface area contributed by atoms with E-state index >= 15 is 0 Å². The van der Waals surface area contributed by atoms with Gasteiger partial charge in [0.1, 0.15) is 6.04 Å². The number of hydrogen-bond acceptors (Lipinski definition) is 4. The van der Waals surface area contributed by atoms with Gasteiger partial charge in [-0.3, -0.25) is 9.48 Å². The zero-order chi connectivity index (χ0) is 11.3. The Morgan fingerprint density at radius 1 is 1.73 bits per heavy atom. The second-order valence-corrected chi connectivity index (χ2v) is 3.29. The summed E-state index contributed by atoms with van der Waals surface area (Å²) >= 11 is 0. The zero-order valence-corrected chi connectivity index (χ0v) is 9.36. The van der Waals surface area contributed by atoms with Gasteiger partial charge in [-0.2, -0.15) is 5.10 Å². The SMILES string of the molecule is CCc1cnn(CC(NC)C(=O)OC)c1. The van der Waals surface area contributed by atoms with Gasteiger partial charge < -0.3 is 10.1 Å². The molecule has 0 fully saturated rings. The lowest BCUT2D eigenvalue weighted by molar-refractivity contribution is -0.143. The fourth-order valence-corrected chi connectivity index (χ4v) is 1.30. The van der Waals surface area contributed by atoms with Crippen LogP contribution in [0.15, 0.2) is 12.4 Å². The number of likely N-dealkylation sites (N-methyl/N-ethyl adjacent to an activating group) is 1. The molecular formula is C10H17N3O2. The molecule has 1 aromatic heterocycles. The van der Waals surface area contributed by atoms with Crippen molar-refractivity contribution in [2.45, 2.75) is 25.9 Å². The van der Waals surface area contributed by atoms with Gasteiger partial charge in [-0.1, -0.05) is 6.92 Å². The number of methoxy groups -OCH3 is 1. The molecule has 0 aromatic carbocycles. The molecule has 84 valence electrons.